The first-order valence-electron chi connectivity index (χ1n) is 7.79. The van der Waals surface area contributed by atoms with Crippen molar-refractivity contribution in [1.29, 1.82) is 0 Å². The van der Waals surface area contributed by atoms with E-state index >= 15 is 0 Å². The maximum absolute atomic E-state index is 12.2. The van der Waals surface area contributed by atoms with Gasteiger partial charge in [0, 0.05) is 25.2 Å². The number of benzene rings is 2. The van der Waals surface area contributed by atoms with Crippen LogP contribution in [0.25, 0.3) is 22.4 Å². The molecule has 23 heavy (non-hydrogen) atoms. The Morgan fingerprint density at radius 1 is 1.26 bits per heavy atom. The summed E-state index contributed by atoms with van der Waals surface area (Å²) in [4.78, 5) is 17.0. The summed E-state index contributed by atoms with van der Waals surface area (Å²) >= 11 is 0. The number of imidazole rings is 1. The maximum atomic E-state index is 12.2. The van der Waals surface area contributed by atoms with Crippen LogP contribution in [-0.2, 0) is 13.1 Å². The monoisotopic (exact) mass is 306 g/mol. The molecular weight excluding hydrogens is 288 g/mol. The zero-order valence-electron chi connectivity index (χ0n) is 13.0. The minimum absolute atomic E-state index is 0.0234. The first-order chi connectivity index (χ1) is 11.3. The van der Waals surface area contributed by atoms with Crippen LogP contribution < -0.4 is 10.6 Å². The van der Waals surface area contributed by atoms with Gasteiger partial charge in [0.15, 0.2) is 0 Å². The normalized spacial score (nSPS) is 13.9. The predicted octanol–water partition coefficient (Wildman–Crippen LogP) is 2.17. The molecule has 1 aromatic heterocycles. The van der Waals surface area contributed by atoms with E-state index in [1.807, 2.05) is 25.2 Å². The SMILES string of the molecule is CNCc1cccc(-c2nc3cccc4c3n2CCNC4=O)c1. The van der Waals surface area contributed by atoms with Crippen LogP contribution in [0.1, 0.15) is 15.9 Å². The average molecular weight is 306 g/mol. The third kappa shape index (κ3) is 2.29. The molecule has 5 nitrogen and oxygen atoms in total. The summed E-state index contributed by atoms with van der Waals surface area (Å²) in [6.45, 7) is 2.16. The molecule has 5 heteroatoms. The van der Waals surface area contributed by atoms with Crippen molar-refractivity contribution >= 4 is 16.9 Å². The van der Waals surface area contributed by atoms with Crippen LogP contribution in [0.3, 0.4) is 0 Å². The fourth-order valence-corrected chi connectivity index (χ4v) is 3.21. The molecule has 4 rings (SSSR count). The second-order valence-electron chi connectivity index (χ2n) is 5.75. The van der Waals surface area contributed by atoms with E-state index in [0.717, 1.165) is 35.5 Å². The predicted molar refractivity (Wildman–Crippen MR) is 90.3 cm³/mol. The lowest BCUT2D eigenvalue weighted by Crippen LogP contribution is -2.24. The molecule has 0 spiro atoms. The van der Waals surface area contributed by atoms with Crippen LogP contribution in [0.15, 0.2) is 42.5 Å². The molecule has 0 atom stereocenters. The summed E-state index contributed by atoms with van der Waals surface area (Å²) < 4.78 is 2.15. The molecule has 0 saturated heterocycles. The van der Waals surface area contributed by atoms with Crippen LogP contribution >= 0.6 is 0 Å². The van der Waals surface area contributed by atoms with E-state index in [-0.39, 0.29) is 5.91 Å². The summed E-state index contributed by atoms with van der Waals surface area (Å²) in [6, 6.07) is 14.1. The lowest BCUT2D eigenvalue weighted by atomic mass is 10.1. The molecule has 0 unspecified atom stereocenters. The van der Waals surface area contributed by atoms with E-state index in [9.17, 15) is 4.79 Å². The summed E-state index contributed by atoms with van der Waals surface area (Å²) in [7, 11) is 1.94. The van der Waals surface area contributed by atoms with Gasteiger partial charge in [0.2, 0.25) is 0 Å². The van der Waals surface area contributed by atoms with Gasteiger partial charge in [-0.15, -0.1) is 0 Å². The highest BCUT2D eigenvalue weighted by atomic mass is 16.1. The second kappa shape index (κ2) is 5.52. The molecule has 2 N–H and O–H groups in total. The standard InChI is InChI=1S/C18H18N4O/c1-19-11-12-4-2-5-13(10-12)17-21-15-7-3-6-14-16(15)22(17)9-8-20-18(14)23/h2-7,10,19H,8-9,11H2,1H3,(H,20,23). The first-order valence-corrected chi connectivity index (χ1v) is 7.79. The van der Waals surface area contributed by atoms with Crippen molar-refractivity contribution in [3.05, 3.63) is 53.6 Å². The van der Waals surface area contributed by atoms with Gasteiger partial charge in [-0.25, -0.2) is 4.98 Å². The third-order valence-corrected chi connectivity index (χ3v) is 4.20. The van der Waals surface area contributed by atoms with E-state index in [1.54, 1.807) is 0 Å². The van der Waals surface area contributed by atoms with E-state index in [1.165, 1.54) is 5.56 Å². The van der Waals surface area contributed by atoms with Gasteiger partial charge >= 0.3 is 0 Å². The van der Waals surface area contributed by atoms with E-state index in [2.05, 4.69) is 39.5 Å². The van der Waals surface area contributed by atoms with Crippen molar-refractivity contribution in [3.8, 4) is 11.4 Å². The topological polar surface area (TPSA) is 59.0 Å². The molecule has 1 aliphatic heterocycles. The molecular formula is C18H18N4O. The molecule has 0 aliphatic carbocycles. The van der Waals surface area contributed by atoms with Crippen molar-refractivity contribution in [3.63, 3.8) is 0 Å². The Hall–Kier alpha value is -2.66. The van der Waals surface area contributed by atoms with Gasteiger partial charge in [-0.2, -0.15) is 0 Å². The van der Waals surface area contributed by atoms with Gasteiger partial charge in [-0.05, 0) is 30.8 Å². The lowest BCUT2D eigenvalue weighted by Gasteiger charge is -2.08. The van der Waals surface area contributed by atoms with Crippen LogP contribution in [0.5, 0.6) is 0 Å². The number of rotatable bonds is 3. The zero-order chi connectivity index (χ0) is 15.8. The van der Waals surface area contributed by atoms with Crippen LogP contribution in [0.4, 0.5) is 0 Å². The molecule has 3 aromatic rings. The van der Waals surface area contributed by atoms with Crippen molar-refractivity contribution in [2.75, 3.05) is 13.6 Å². The lowest BCUT2D eigenvalue weighted by molar-refractivity contribution is 0.0956. The Morgan fingerprint density at radius 3 is 3.00 bits per heavy atom. The number of carbonyl (C=O) groups is 1. The zero-order valence-corrected chi connectivity index (χ0v) is 13.0. The molecule has 1 amide bonds. The maximum Gasteiger partial charge on any atom is 0.253 e. The number of nitrogens with one attached hydrogen (secondary N) is 2. The minimum atomic E-state index is -0.0234. The fraction of sp³-hybridized carbons (Fsp3) is 0.222. The summed E-state index contributed by atoms with van der Waals surface area (Å²) in [5, 5.41) is 6.12. The first kappa shape index (κ1) is 14.0. The van der Waals surface area contributed by atoms with Gasteiger partial charge in [0.25, 0.3) is 5.91 Å². The second-order valence-corrected chi connectivity index (χ2v) is 5.75. The molecule has 0 bridgehead atoms. The number of nitrogens with zero attached hydrogens (tertiary/aromatic N) is 2. The van der Waals surface area contributed by atoms with Crippen molar-refractivity contribution in [1.82, 2.24) is 20.2 Å². The number of aromatic nitrogens is 2. The smallest absolute Gasteiger partial charge is 0.253 e. The number of para-hydroxylation sites is 1. The Balaban J connectivity index is 1.94. The number of hydrogen-bond donors (Lipinski definition) is 2. The number of carbonyl (C=O) groups excluding carboxylic acids is 1. The van der Waals surface area contributed by atoms with E-state index in [0.29, 0.717) is 12.1 Å². The van der Waals surface area contributed by atoms with E-state index < -0.39 is 0 Å². The van der Waals surface area contributed by atoms with Gasteiger partial charge in [0.05, 0.1) is 16.6 Å². The van der Waals surface area contributed by atoms with Crippen LogP contribution in [0, 0.1) is 0 Å². The summed E-state index contributed by atoms with van der Waals surface area (Å²) in [5.41, 5.74) is 4.79. The molecule has 1 aliphatic rings. The van der Waals surface area contributed by atoms with Gasteiger partial charge < -0.3 is 15.2 Å². The van der Waals surface area contributed by atoms with Crippen LogP contribution in [0.2, 0.25) is 0 Å². The highest BCUT2D eigenvalue weighted by Crippen LogP contribution is 2.28. The van der Waals surface area contributed by atoms with Crippen molar-refractivity contribution in [2.24, 2.45) is 0 Å². The van der Waals surface area contributed by atoms with E-state index in [4.69, 9.17) is 4.98 Å². The summed E-state index contributed by atoms with van der Waals surface area (Å²) in [5.74, 6) is 0.895. The van der Waals surface area contributed by atoms with Crippen molar-refractivity contribution < 1.29 is 4.79 Å². The number of hydrogen-bond acceptors (Lipinski definition) is 3. The Kier molecular flexibility index (Phi) is 3.35. The van der Waals surface area contributed by atoms with Crippen LogP contribution in [-0.4, -0.2) is 29.1 Å². The highest BCUT2D eigenvalue weighted by molar-refractivity contribution is 6.06. The minimum Gasteiger partial charge on any atom is -0.350 e. The summed E-state index contributed by atoms with van der Waals surface area (Å²) in [6.07, 6.45) is 0. The Morgan fingerprint density at radius 2 is 2.13 bits per heavy atom. The quantitative estimate of drug-likeness (QED) is 0.779. The fourth-order valence-electron chi connectivity index (χ4n) is 3.21. The molecule has 0 radical (unpaired) electrons. The molecule has 116 valence electrons. The Bertz CT molecular complexity index is 897. The third-order valence-electron chi connectivity index (χ3n) is 4.20. The molecule has 2 aromatic carbocycles. The number of amides is 1. The Labute approximate surface area is 134 Å². The van der Waals surface area contributed by atoms with Crippen molar-refractivity contribution in [2.45, 2.75) is 13.1 Å². The molecule has 0 fully saturated rings. The molecule has 2 heterocycles. The molecule has 0 saturated carbocycles. The largest absolute Gasteiger partial charge is 0.350 e. The van der Waals surface area contributed by atoms with Gasteiger partial charge in [-0.3, -0.25) is 4.79 Å². The highest BCUT2D eigenvalue weighted by Gasteiger charge is 2.21. The van der Waals surface area contributed by atoms with Gasteiger partial charge in [-0.1, -0.05) is 24.3 Å². The average Bonchev–Trinajstić information content (AvgIpc) is 2.85. The van der Waals surface area contributed by atoms with Gasteiger partial charge in [0.1, 0.15) is 5.82 Å².